The summed E-state index contributed by atoms with van der Waals surface area (Å²) in [5, 5.41) is 12.0. The van der Waals surface area contributed by atoms with Crippen LogP contribution in [-0.2, 0) is 4.79 Å². The van der Waals surface area contributed by atoms with Crippen LogP contribution in [0.25, 0.3) is 0 Å². The van der Waals surface area contributed by atoms with Gasteiger partial charge in [0, 0.05) is 18.2 Å². The normalized spacial score (nSPS) is 23.1. The number of amides is 1. The molecule has 1 saturated heterocycles. The molecule has 2 N–H and O–H groups in total. The Morgan fingerprint density at radius 2 is 2.17 bits per heavy atom. The SMILES string of the molecule is CC(C(=O)NC(C)(C)C)N1CCCC1CCCO. The molecule has 4 nitrogen and oxygen atoms in total. The second kappa shape index (κ2) is 6.53. The van der Waals surface area contributed by atoms with E-state index >= 15 is 0 Å². The van der Waals surface area contributed by atoms with Gasteiger partial charge in [-0.25, -0.2) is 0 Å². The van der Waals surface area contributed by atoms with Gasteiger partial charge >= 0.3 is 0 Å². The fourth-order valence-corrected chi connectivity index (χ4v) is 2.63. The van der Waals surface area contributed by atoms with Gasteiger partial charge in [0.05, 0.1) is 6.04 Å². The van der Waals surface area contributed by atoms with E-state index in [0.717, 1.165) is 32.2 Å². The number of rotatable bonds is 5. The minimum Gasteiger partial charge on any atom is -0.396 e. The predicted molar refractivity (Wildman–Crippen MR) is 73.4 cm³/mol. The summed E-state index contributed by atoms with van der Waals surface area (Å²) in [6.45, 7) is 9.24. The van der Waals surface area contributed by atoms with E-state index in [1.807, 2.05) is 27.7 Å². The molecular weight excluding hydrogens is 228 g/mol. The van der Waals surface area contributed by atoms with Crippen LogP contribution in [0.3, 0.4) is 0 Å². The van der Waals surface area contributed by atoms with Crippen molar-refractivity contribution >= 4 is 5.91 Å². The number of hydrogen-bond acceptors (Lipinski definition) is 3. The first-order valence-corrected chi connectivity index (χ1v) is 7.04. The van der Waals surface area contributed by atoms with E-state index in [-0.39, 0.29) is 24.1 Å². The van der Waals surface area contributed by atoms with Crippen molar-refractivity contribution in [3.63, 3.8) is 0 Å². The molecule has 0 spiro atoms. The Balaban J connectivity index is 2.53. The zero-order valence-electron chi connectivity index (χ0n) is 12.2. The zero-order valence-corrected chi connectivity index (χ0v) is 12.2. The molecule has 0 radical (unpaired) electrons. The highest BCUT2D eigenvalue weighted by Gasteiger charge is 2.32. The Bertz CT molecular complexity index is 273. The molecule has 1 aliphatic rings. The van der Waals surface area contributed by atoms with Crippen molar-refractivity contribution < 1.29 is 9.90 Å². The topological polar surface area (TPSA) is 52.6 Å². The van der Waals surface area contributed by atoms with Crippen LogP contribution in [0.5, 0.6) is 0 Å². The number of nitrogens with one attached hydrogen (secondary N) is 1. The van der Waals surface area contributed by atoms with E-state index in [4.69, 9.17) is 5.11 Å². The Hall–Kier alpha value is -0.610. The standard InChI is InChI=1S/C14H28N2O2/c1-11(13(18)15-14(2,3)4)16-9-5-7-12(16)8-6-10-17/h11-12,17H,5-10H2,1-4H3,(H,15,18). The third-order valence-electron chi connectivity index (χ3n) is 3.49. The maximum Gasteiger partial charge on any atom is 0.237 e. The van der Waals surface area contributed by atoms with E-state index < -0.39 is 0 Å². The Kier molecular flexibility index (Phi) is 5.60. The first-order chi connectivity index (χ1) is 8.35. The lowest BCUT2D eigenvalue weighted by atomic mass is 10.1. The van der Waals surface area contributed by atoms with Crippen molar-refractivity contribution in [2.75, 3.05) is 13.2 Å². The lowest BCUT2D eigenvalue weighted by molar-refractivity contribution is -0.127. The maximum atomic E-state index is 12.2. The summed E-state index contributed by atoms with van der Waals surface area (Å²) >= 11 is 0. The molecular formula is C14H28N2O2. The van der Waals surface area contributed by atoms with Crippen LogP contribution in [0, 0.1) is 0 Å². The van der Waals surface area contributed by atoms with Gasteiger partial charge < -0.3 is 10.4 Å². The highest BCUT2D eigenvalue weighted by molar-refractivity contribution is 5.82. The summed E-state index contributed by atoms with van der Waals surface area (Å²) in [5.74, 6) is 0.110. The summed E-state index contributed by atoms with van der Waals surface area (Å²) in [7, 11) is 0. The molecule has 2 atom stereocenters. The summed E-state index contributed by atoms with van der Waals surface area (Å²) < 4.78 is 0. The first kappa shape index (κ1) is 15.4. The van der Waals surface area contributed by atoms with Crippen molar-refractivity contribution in [2.24, 2.45) is 0 Å². The van der Waals surface area contributed by atoms with Gasteiger partial charge in [-0.2, -0.15) is 0 Å². The molecule has 0 aromatic rings. The predicted octanol–water partition coefficient (Wildman–Crippen LogP) is 1.53. The molecule has 1 aliphatic heterocycles. The average molecular weight is 256 g/mol. The van der Waals surface area contributed by atoms with Gasteiger partial charge in [-0.15, -0.1) is 0 Å². The maximum absolute atomic E-state index is 12.2. The van der Waals surface area contributed by atoms with Gasteiger partial charge in [0.15, 0.2) is 0 Å². The fraction of sp³-hybridized carbons (Fsp3) is 0.929. The molecule has 0 saturated carbocycles. The molecule has 1 heterocycles. The first-order valence-electron chi connectivity index (χ1n) is 7.04. The number of aliphatic hydroxyl groups excluding tert-OH is 1. The number of nitrogens with zero attached hydrogens (tertiary/aromatic N) is 1. The molecule has 1 rings (SSSR count). The van der Waals surface area contributed by atoms with E-state index in [0.29, 0.717) is 6.04 Å². The summed E-state index contributed by atoms with van der Waals surface area (Å²) in [4.78, 5) is 14.5. The third-order valence-corrected chi connectivity index (χ3v) is 3.49. The van der Waals surface area contributed by atoms with Crippen molar-refractivity contribution in [2.45, 2.75) is 71.0 Å². The molecule has 0 aliphatic carbocycles. The second-order valence-electron chi connectivity index (χ2n) is 6.31. The van der Waals surface area contributed by atoms with Gasteiger partial charge in [0.1, 0.15) is 0 Å². The van der Waals surface area contributed by atoms with E-state index in [9.17, 15) is 4.79 Å². The number of likely N-dealkylation sites (tertiary alicyclic amines) is 1. The number of carbonyl (C=O) groups is 1. The number of carbonyl (C=O) groups excluding carboxylic acids is 1. The minimum absolute atomic E-state index is 0.0737. The van der Waals surface area contributed by atoms with Crippen LogP contribution in [0.15, 0.2) is 0 Å². The van der Waals surface area contributed by atoms with E-state index in [1.165, 1.54) is 0 Å². The largest absolute Gasteiger partial charge is 0.396 e. The molecule has 2 unspecified atom stereocenters. The van der Waals surface area contributed by atoms with Crippen LogP contribution in [0.4, 0.5) is 0 Å². The molecule has 106 valence electrons. The average Bonchev–Trinajstić information content (AvgIpc) is 2.70. The van der Waals surface area contributed by atoms with Crippen LogP contribution >= 0.6 is 0 Å². The van der Waals surface area contributed by atoms with Gasteiger partial charge in [0.2, 0.25) is 5.91 Å². The summed E-state index contributed by atoms with van der Waals surface area (Å²) in [6, 6.07) is 0.383. The fourth-order valence-electron chi connectivity index (χ4n) is 2.63. The highest BCUT2D eigenvalue weighted by atomic mass is 16.3. The third kappa shape index (κ3) is 4.58. The van der Waals surface area contributed by atoms with Crippen LogP contribution in [0.1, 0.15) is 53.4 Å². The molecule has 1 fully saturated rings. The molecule has 0 aromatic carbocycles. The van der Waals surface area contributed by atoms with Crippen molar-refractivity contribution in [3.8, 4) is 0 Å². The highest BCUT2D eigenvalue weighted by Crippen LogP contribution is 2.24. The Morgan fingerprint density at radius 3 is 2.72 bits per heavy atom. The van der Waals surface area contributed by atoms with Crippen molar-refractivity contribution in [1.29, 1.82) is 0 Å². The van der Waals surface area contributed by atoms with E-state index in [1.54, 1.807) is 0 Å². The smallest absolute Gasteiger partial charge is 0.237 e. The summed E-state index contributed by atoms with van der Waals surface area (Å²) in [5.41, 5.74) is -0.175. The molecule has 4 heteroatoms. The molecule has 18 heavy (non-hydrogen) atoms. The van der Waals surface area contributed by atoms with Crippen LogP contribution in [0.2, 0.25) is 0 Å². The van der Waals surface area contributed by atoms with Crippen LogP contribution in [-0.4, -0.2) is 46.7 Å². The number of aliphatic hydroxyl groups is 1. The monoisotopic (exact) mass is 256 g/mol. The van der Waals surface area contributed by atoms with Crippen LogP contribution < -0.4 is 5.32 Å². The van der Waals surface area contributed by atoms with Gasteiger partial charge in [-0.1, -0.05) is 0 Å². The van der Waals surface area contributed by atoms with Gasteiger partial charge in [0.25, 0.3) is 0 Å². The molecule has 0 aromatic heterocycles. The van der Waals surface area contributed by atoms with Crippen molar-refractivity contribution in [3.05, 3.63) is 0 Å². The molecule has 0 bridgehead atoms. The van der Waals surface area contributed by atoms with Gasteiger partial charge in [-0.3, -0.25) is 9.69 Å². The molecule has 1 amide bonds. The lowest BCUT2D eigenvalue weighted by Crippen LogP contribution is -2.52. The minimum atomic E-state index is -0.175. The lowest BCUT2D eigenvalue weighted by Gasteiger charge is -2.32. The number of hydrogen-bond donors (Lipinski definition) is 2. The quantitative estimate of drug-likeness (QED) is 0.784. The van der Waals surface area contributed by atoms with Gasteiger partial charge in [-0.05, 0) is 59.9 Å². The zero-order chi connectivity index (χ0) is 13.8. The van der Waals surface area contributed by atoms with E-state index in [2.05, 4.69) is 10.2 Å². The second-order valence-corrected chi connectivity index (χ2v) is 6.31. The Morgan fingerprint density at radius 1 is 1.50 bits per heavy atom. The Labute approximate surface area is 111 Å². The summed E-state index contributed by atoms with van der Waals surface area (Å²) in [6.07, 6.45) is 4.12. The van der Waals surface area contributed by atoms with Crippen molar-refractivity contribution in [1.82, 2.24) is 10.2 Å².